The molecular formula is C59H100IN5O29. The zero-order valence-electron chi connectivity index (χ0n) is 53.1. The Kier molecular flexibility index (Phi) is 43.6. The largest absolute Gasteiger partial charge is 0.428 e. The minimum Gasteiger partial charge on any atom is -0.428 e. The summed E-state index contributed by atoms with van der Waals surface area (Å²) in [4.78, 5) is 64.7. The van der Waals surface area contributed by atoms with Crippen LogP contribution in [0.15, 0.2) is 24.3 Å². The van der Waals surface area contributed by atoms with Crippen molar-refractivity contribution in [2.24, 2.45) is 0 Å². The van der Waals surface area contributed by atoms with Gasteiger partial charge in [0.1, 0.15) is 47.9 Å². The normalized spacial score (nSPS) is 23.9. The van der Waals surface area contributed by atoms with Crippen molar-refractivity contribution in [3.63, 3.8) is 0 Å². The highest BCUT2D eigenvalue weighted by atomic mass is 127. The van der Waals surface area contributed by atoms with E-state index < -0.39 is 105 Å². The van der Waals surface area contributed by atoms with Gasteiger partial charge in [-0.2, -0.15) is 0 Å². The molecule has 14 N–H and O–H groups in total. The number of hydrogen-bond donors (Lipinski definition) is 14. The Morgan fingerprint density at radius 3 is 1.06 bits per heavy atom. The Labute approximate surface area is 560 Å². The maximum atomic E-state index is 13.7. The van der Waals surface area contributed by atoms with Crippen LogP contribution in [0.3, 0.4) is 0 Å². The molecule has 0 aromatic heterocycles. The van der Waals surface area contributed by atoms with Crippen LogP contribution in [0.1, 0.15) is 56.9 Å². The summed E-state index contributed by atoms with van der Waals surface area (Å²) in [6.45, 7) is -0.576. The van der Waals surface area contributed by atoms with E-state index in [1.165, 1.54) is 0 Å². The molecular weight excluding hydrogens is 1370 g/mol. The number of rotatable bonds is 53. The van der Waals surface area contributed by atoms with Gasteiger partial charge in [-0.05, 0) is 24.1 Å². The molecule has 4 rings (SSSR count). The van der Waals surface area contributed by atoms with Crippen molar-refractivity contribution in [1.82, 2.24) is 26.6 Å². The first-order valence-corrected chi connectivity index (χ1v) is 32.5. The highest BCUT2D eigenvalue weighted by Gasteiger charge is 2.39. The van der Waals surface area contributed by atoms with Gasteiger partial charge in [0, 0.05) is 77.5 Å². The molecule has 3 heterocycles. The fraction of sp³-hybridized carbons (Fsp3) is 0.814. The van der Waals surface area contributed by atoms with E-state index in [2.05, 4.69) is 26.6 Å². The molecule has 1 aromatic carbocycles. The van der Waals surface area contributed by atoms with Crippen molar-refractivity contribution >= 4 is 52.5 Å². The number of aryl methyl sites for hydroxylation is 1. The highest BCUT2D eigenvalue weighted by Crippen LogP contribution is 2.24. The monoisotopic (exact) mass is 1470 g/mol. The molecule has 3 fully saturated rings. The number of nitrogens with one attached hydrogen (secondary N) is 5. The summed E-state index contributed by atoms with van der Waals surface area (Å²) in [6, 6.07) is 7.45. The van der Waals surface area contributed by atoms with Crippen LogP contribution < -0.4 is 29.7 Å². The number of hydrogen-bond acceptors (Lipinski definition) is 29. The molecule has 35 heteroatoms. The first-order valence-electron chi connectivity index (χ1n) is 31.6. The number of benzene rings is 1. The third kappa shape index (κ3) is 35.1. The van der Waals surface area contributed by atoms with Gasteiger partial charge in [-0.3, -0.25) is 24.0 Å². The van der Waals surface area contributed by atoms with Crippen LogP contribution in [0, 0.1) is 0 Å². The number of carbonyl (C=O) groups excluding carboxylic acids is 5. The summed E-state index contributed by atoms with van der Waals surface area (Å²) in [5, 5.41) is 102. The predicted octanol–water partition coefficient (Wildman–Crippen LogP) is -5.10. The topological polar surface area (TPSA) is 466 Å². The van der Waals surface area contributed by atoms with Gasteiger partial charge < -0.3 is 142 Å². The van der Waals surface area contributed by atoms with Crippen molar-refractivity contribution < 1.29 is 139 Å². The highest BCUT2D eigenvalue weighted by molar-refractivity contribution is 14.1. The number of ether oxygens (including phenoxy) is 14. The molecule has 94 heavy (non-hydrogen) atoms. The molecule has 0 aliphatic carbocycles. The lowest BCUT2D eigenvalue weighted by Gasteiger charge is -2.36. The predicted molar refractivity (Wildman–Crippen MR) is 332 cm³/mol. The second-order valence-corrected chi connectivity index (χ2v) is 22.5. The maximum absolute atomic E-state index is 13.7. The fourth-order valence-electron chi connectivity index (χ4n) is 9.29. The molecule has 3 aliphatic rings. The van der Waals surface area contributed by atoms with Crippen LogP contribution in [0.4, 0.5) is 0 Å². The van der Waals surface area contributed by atoms with Crippen LogP contribution in [0.2, 0.25) is 0 Å². The van der Waals surface area contributed by atoms with Gasteiger partial charge in [-0.15, -0.1) is 0 Å². The van der Waals surface area contributed by atoms with Crippen molar-refractivity contribution in [2.45, 2.75) is 137 Å². The summed E-state index contributed by atoms with van der Waals surface area (Å²) in [7, 11) is 0. The first kappa shape index (κ1) is 82.6. The van der Waals surface area contributed by atoms with E-state index in [0.29, 0.717) is 18.6 Å². The summed E-state index contributed by atoms with van der Waals surface area (Å²) < 4.78 is 84.0. The molecule has 0 spiro atoms. The fourth-order valence-corrected chi connectivity index (χ4v) is 9.58. The SMILES string of the molecule is O=C(CCOCC(COCCC(=O)NCCOCCO[C@H]1C[C@@H](O)[C@@H](O)[C@@H](CO)O1)(COCCC(=O)NCCOCCO[C@H]1C[C@@H](O)[C@@H](O)[C@@H](CO)O1)NC(=O)CCOCCOCCNC(=O)CCc1ccc(OI)cc1)NCCOCCO[C@H]1C[C@@H](O)[C@@H](O)[C@@H](CO)O1. The van der Waals surface area contributed by atoms with Crippen molar-refractivity contribution in [3.8, 4) is 5.75 Å². The lowest BCUT2D eigenvalue weighted by atomic mass is 10.0. The third-order valence-electron chi connectivity index (χ3n) is 14.5. The molecule has 34 nitrogen and oxygen atoms in total. The number of halogens is 1. The van der Waals surface area contributed by atoms with E-state index in [1.54, 1.807) is 23.0 Å². The smallest absolute Gasteiger partial charge is 0.222 e. The Bertz CT molecular complexity index is 2050. The van der Waals surface area contributed by atoms with Crippen molar-refractivity contribution in [3.05, 3.63) is 29.8 Å². The Morgan fingerprint density at radius 2 is 0.723 bits per heavy atom. The van der Waals surface area contributed by atoms with E-state index in [4.69, 9.17) is 69.4 Å². The Hall–Kier alpha value is -3.82. The van der Waals surface area contributed by atoms with Crippen LogP contribution in [-0.4, -0.2) is 326 Å². The van der Waals surface area contributed by atoms with Gasteiger partial charge in [0.2, 0.25) is 29.5 Å². The molecule has 0 radical (unpaired) electrons. The zero-order valence-corrected chi connectivity index (χ0v) is 55.2. The molecule has 3 saturated heterocycles. The summed E-state index contributed by atoms with van der Waals surface area (Å²) in [5.74, 6) is -1.07. The number of aliphatic hydroxyl groups is 9. The van der Waals surface area contributed by atoms with E-state index in [1.807, 2.05) is 24.3 Å². The van der Waals surface area contributed by atoms with Crippen LogP contribution in [-0.2, 0) is 96.7 Å². The number of carbonyl (C=O) groups is 5. The standard InChI is InChI=1S/C59H100IN5O29/c60-94-41-4-1-40(2-5-41)3-6-48(72)61-11-19-81-24-23-80-15-10-52(76)65-59(37-85-16-7-49(73)62-12-20-82-25-28-88-53-31-42(69)56(77)45(34-66)91-53,38-86-17-8-50(74)63-13-21-83-26-29-89-54-32-43(70)57(78)46(35-67)92-54)39-87-18-9-51(75)64-14-22-84-27-30-90-55-33-44(71)58(79)47(36-68)93-55/h1-2,4-5,42-47,53-58,66-71,77-79H,3,6-39H2,(H,61,72)(H,62,73)(H,63,74)(H,64,75)(H,65,76)/t42-,43-,44-,45-,46-,47-,53-,54-,55-,56-,57-,58-/m1/s1. The number of aliphatic hydroxyl groups excluding tert-OH is 9. The molecule has 0 saturated carbocycles. The van der Waals surface area contributed by atoms with Gasteiger partial charge in [0.05, 0.1) is 164 Å². The Balaban J connectivity index is 1.26. The van der Waals surface area contributed by atoms with Gasteiger partial charge >= 0.3 is 0 Å². The minimum absolute atomic E-state index is 0.00550. The van der Waals surface area contributed by atoms with E-state index >= 15 is 0 Å². The molecule has 1 aromatic rings. The van der Waals surface area contributed by atoms with Gasteiger partial charge in [-0.1, -0.05) is 12.1 Å². The second kappa shape index (κ2) is 49.7. The van der Waals surface area contributed by atoms with E-state index in [0.717, 1.165) is 5.56 Å². The van der Waals surface area contributed by atoms with Gasteiger partial charge in [-0.25, -0.2) is 0 Å². The average molecular weight is 1470 g/mol. The van der Waals surface area contributed by atoms with Crippen molar-refractivity contribution in [2.75, 3.05) is 172 Å². The third-order valence-corrected chi connectivity index (χ3v) is 15.0. The van der Waals surface area contributed by atoms with Crippen LogP contribution in [0.5, 0.6) is 5.75 Å². The maximum Gasteiger partial charge on any atom is 0.222 e. The molecule has 12 atom stereocenters. The molecule has 3 aliphatic heterocycles. The molecule has 5 amide bonds. The zero-order chi connectivity index (χ0) is 68.2. The lowest BCUT2D eigenvalue weighted by Crippen LogP contribution is -2.59. The molecule has 0 bridgehead atoms. The van der Waals surface area contributed by atoms with E-state index in [9.17, 15) is 69.9 Å². The Morgan fingerprint density at radius 1 is 0.415 bits per heavy atom. The number of amides is 5. The van der Waals surface area contributed by atoms with Crippen LogP contribution >= 0.6 is 23.0 Å². The van der Waals surface area contributed by atoms with Gasteiger partial charge in [0.15, 0.2) is 41.9 Å². The summed E-state index contributed by atoms with van der Waals surface area (Å²) in [6.07, 6.45) is -12.2. The van der Waals surface area contributed by atoms with Gasteiger partial charge in [0.25, 0.3) is 0 Å². The lowest BCUT2D eigenvalue weighted by molar-refractivity contribution is -0.258. The first-order chi connectivity index (χ1) is 45.5. The minimum atomic E-state index is -1.46. The van der Waals surface area contributed by atoms with Crippen LogP contribution in [0.25, 0.3) is 0 Å². The summed E-state index contributed by atoms with van der Waals surface area (Å²) >= 11 is 1.80. The quantitative estimate of drug-likeness (QED) is 0.0214. The molecule has 542 valence electrons. The molecule has 0 unspecified atom stereocenters. The average Bonchev–Trinajstić information content (AvgIpc) is 2.49. The summed E-state index contributed by atoms with van der Waals surface area (Å²) in [5.41, 5.74) is -0.458. The van der Waals surface area contributed by atoms with E-state index in [-0.39, 0.29) is 220 Å². The van der Waals surface area contributed by atoms with Crippen molar-refractivity contribution in [1.29, 1.82) is 0 Å². The second-order valence-electron chi connectivity index (χ2n) is 22.0.